The summed E-state index contributed by atoms with van der Waals surface area (Å²) < 4.78 is 44.2. The lowest BCUT2D eigenvalue weighted by Gasteiger charge is -2.35. The molecule has 0 aliphatic carbocycles. The van der Waals surface area contributed by atoms with Crippen molar-refractivity contribution >= 4 is 22.5 Å². The van der Waals surface area contributed by atoms with Crippen molar-refractivity contribution < 1.29 is 17.9 Å². The minimum absolute atomic E-state index is 0.230. The molecule has 5 nitrogen and oxygen atoms in total. The lowest BCUT2D eigenvalue weighted by molar-refractivity contribution is -0.274. The molecule has 1 aliphatic rings. The molecule has 2 aromatic carbocycles. The molecule has 3 aromatic rings. The largest absolute Gasteiger partial charge is 0.573 e. The summed E-state index contributed by atoms with van der Waals surface area (Å²) in [5.74, 6) is -0.230. The minimum Gasteiger partial charge on any atom is -0.406 e. The van der Waals surface area contributed by atoms with E-state index in [4.69, 9.17) is 17.3 Å². The van der Waals surface area contributed by atoms with E-state index in [1.807, 2.05) is 12.2 Å². The Bertz CT molecular complexity index is 1450. The number of allylic oxidation sites excluding steroid dienone is 5. The van der Waals surface area contributed by atoms with E-state index in [1.54, 1.807) is 12.1 Å². The lowest BCUT2D eigenvalue weighted by Crippen LogP contribution is -2.46. The molecule has 0 saturated carbocycles. The van der Waals surface area contributed by atoms with E-state index in [-0.39, 0.29) is 5.75 Å². The van der Waals surface area contributed by atoms with E-state index in [9.17, 15) is 13.2 Å². The van der Waals surface area contributed by atoms with Crippen LogP contribution in [0.15, 0.2) is 83.1 Å². The van der Waals surface area contributed by atoms with E-state index in [1.165, 1.54) is 28.8 Å². The number of benzene rings is 2. The summed E-state index contributed by atoms with van der Waals surface area (Å²) in [6, 6.07) is 12.6. The summed E-state index contributed by atoms with van der Waals surface area (Å²) in [5, 5.41) is 1.87. The first-order valence-corrected chi connectivity index (χ1v) is 15.3. The molecule has 0 radical (unpaired) electrons. The number of fused-ring (bicyclic) bond motifs is 1. The van der Waals surface area contributed by atoms with Crippen LogP contribution in [0.1, 0.15) is 39.2 Å². The summed E-state index contributed by atoms with van der Waals surface area (Å²) in [6.45, 7) is 13.2. The number of piperazine rings is 1. The summed E-state index contributed by atoms with van der Waals surface area (Å²) in [4.78, 5) is 4.91. The van der Waals surface area contributed by atoms with Crippen molar-refractivity contribution in [3.63, 3.8) is 0 Å². The predicted molar refractivity (Wildman–Crippen MR) is 171 cm³/mol. The van der Waals surface area contributed by atoms with Gasteiger partial charge in [-0.05, 0) is 80.3 Å². The van der Waals surface area contributed by atoms with Crippen LogP contribution in [0, 0.1) is 0 Å². The second kappa shape index (κ2) is 15.1. The standard InChI is InChI=1S/C34H42ClF3N4O/c1-4-25(2)7-5-8-32(35)26(3)22-40-17-19-41(20-18-40)23-27-9-14-33-30(21-27)31(24-42(33)16-6-15-39)28-10-12-29(13-11-28)43-34(36,37)38/h5,7-14,21,24H,4,6,15-20,22-23,39H2,1-3H3/b8-5-,25-7+,32-26-. The summed E-state index contributed by atoms with van der Waals surface area (Å²) in [6.07, 6.45) is 5.32. The van der Waals surface area contributed by atoms with Crippen LogP contribution in [0.3, 0.4) is 0 Å². The molecule has 0 unspecified atom stereocenters. The second-order valence-electron chi connectivity index (χ2n) is 11.2. The summed E-state index contributed by atoms with van der Waals surface area (Å²) in [5.41, 5.74) is 12.4. The van der Waals surface area contributed by atoms with Crippen molar-refractivity contribution in [3.8, 4) is 16.9 Å². The molecule has 0 atom stereocenters. The molecule has 4 rings (SSSR count). The molecule has 1 aliphatic heterocycles. The molecule has 0 amide bonds. The van der Waals surface area contributed by atoms with Crippen LogP contribution in [-0.4, -0.2) is 60.0 Å². The number of ether oxygens (including phenoxy) is 1. The van der Waals surface area contributed by atoms with Gasteiger partial charge in [0.05, 0.1) is 0 Å². The monoisotopic (exact) mass is 614 g/mol. The maximum Gasteiger partial charge on any atom is 0.573 e. The van der Waals surface area contributed by atoms with Gasteiger partial charge in [-0.3, -0.25) is 9.80 Å². The Morgan fingerprint density at radius 2 is 1.72 bits per heavy atom. The van der Waals surface area contributed by atoms with Crippen molar-refractivity contribution in [2.75, 3.05) is 39.3 Å². The number of rotatable bonds is 12. The third-order valence-electron chi connectivity index (χ3n) is 7.87. The molecule has 1 saturated heterocycles. The maximum atomic E-state index is 12.7. The fraction of sp³-hybridized carbons (Fsp3) is 0.412. The Kier molecular flexibility index (Phi) is 11.5. The van der Waals surface area contributed by atoms with E-state index >= 15 is 0 Å². The molecule has 1 aromatic heterocycles. The second-order valence-corrected chi connectivity index (χ2v) is 11.6. The molecule has 0 spiro atoms. The Morgan fingerprint density at radius 1 is 1.02 bits per heavy atom. The molecule has 232 valence electrons. The lowest BCUT2D eigenvalue weighted by atomic mass is 10.0. The van der Waals surface area contributed by atoms with Crippen LogP contribution in [0.25, 0.3) is 22.0 Å². The van der Waals surface area contributed by atoms with Gasteiger partial charge >= 0.3 is 6.36 Å². The molecular formula is C34H42ClF3N4O. The Balaban J connectivity index is 1.44. The van der Waals surface area contributed by atoms with Crippen molar-refractivity contribution in [1.29, 1.82) is 0 Å². The highest BCUT2D eigenvalue weighted by Crippen LogP contribution is 2.34. The third kappa shape index (κ3) is 9.47. The Labute approximate surface area is 258 Å². The topological polar surface area (TPSA) is 46.7 Å². The van der Waals surface area contributed by atoms with E-state index in [2.05, 4.69) is 70.3 Å². The van der Waals surface area contributed by atoms with Gasteiger partial charge in [-0.15, -0.1) is 13.2 Å². The van der Waals surface area contributed by atoms with Crippen LogP contribution < -0.4 is 10.5 Å². The van der Waals surface area contributed by atoms with Crippen LogP contribution in [0.4, 0.5) is 13.2 Å². The number of hydrogen-bond acceptors (Lipinski definition) is 4. The fourth-order valence-corrected chi connectivity index (χ4v) is 5.42. The van der Waals surface area contributed by atoms with Gasteiger partial charge in [-0.2, -0.15) is 0 Å². The van der Waals surface area contributed by atoms with Gasteiger partial charge in [0.2, 0.25) is 0 Å². The van der Waals surface area contributed by atoms with Crippen molar-refractivity contribution in [1.82, 2.24) is 14.4 Å². The predicted octanol–water partition coefficient (Wildman–Crippen LogP) is 8.10. The van der Waals surface area contributed by atoms with Gasteiger partial charge in [0.1, 0.15) is 5.75 Å². The molecule has 2 heterocycles. The highest BCUT2D eigenvalue weighted by atomic mass is 35.5. The van der Waals surface area contributed by atoms with Gasteiger partial charge in [0.25, 0.3) is 0 Å². The van der Waals surface area contributed by atoms with Crippen LogP contribution in [0.2, 0.25) is 0 Å². The number of nitrogens with zero attached hydrogens (tertiary/aromatic N) is 3. The average Bonchev–Trinajstić information content (AvgIpc) is 3.34. The average molecular weight is 615 g/mol. The number of hydrogen-bond donors (Lipinski definition) is 1. The number of nitrogens with two attached hydrogens (primary N) is 1. The highest BCUT2D eigenvalue weighted by Gasteiger charge is 2.31. The number of aryl methyl sites for hydroxylation is 1. The van der Waals surface area contributed by atoms with Gasteiger partial charge in [0, 0.05) is 73.5 Å². The summed E-state index contributed by atoms with van der Waals surface area (Å²) >= 11 is 6.55. The molecule has 43 heavy (non-hydrogen) atoms. The van der Waals surface area contributed by atoms with Gasteiger partial charge < -0.3 is 15.0 Å². The molecule has 0 bridgehead atoms. The van der Waals surface area contributed by atoms with Crippen molar-refractivity contribution in [2.45, 2.75) is 53.1 Å². The van der Waals surface area contributed by atoms with E-state index < -0.39 is 6.36 Å². The molecule has 1 fully saturated rings. The quantitative estimate of drug-likeness (QED) is 0.209. The van der Waals surface area contributed by atoms with Crippen LogP contribution in [0.5, 0.6) is 5.75 Å². The van der Waals surface area contributed by atoms with Crippen molar-refractivity contribution in [3.05, 3.63) is 88.6 Å². The smallest absolute Gasteiger partial charge is 0.406 e. The van der Waals surface area contributed by atoms with Crippen molar-refractivity contribution in [2.24, 2.45) is 5.73 Å². The first-order valence-electron chi connectivity index (χ1n) is 14.9. The molecular weight excluding hydrogens is 573 g/mol. The Morgan fingerprint density at radius 3 is 2.37 bits per heavy atom. The van der Waals surface area contributed by atoms with Gasteiger partial charge in [0.15, 0.2) is 0 Å². The number of alkyl halides is 3. The van der Waals surface area contributed by atoms with Gasteiger partial charge in [-0.1, -0.05) is 54.4 Å². The zero-order valence-electron chi connectivity index (χ0n) is 25.3. The van der Waals surface area contributed by atoms with Gasteiger partial charge in [-0.25, -0.2) is 0 Å². The molecule has 2 N–H and O–H groups in total. The summed E-state index contributed by atoms with van der Waals surface area (Å²) in [7, 11) is 0. The maximum absolute atomic E-state index is 12.7. The molecule has 9 heteroatoms. The fourth-order valence-electron chi connectivity index (χ4n) is 5.29. The Hall–Kier alpha value is -3.04. The number of aromatic nitrogens is 1. The van der Waals surface area contributed by atoms with Crippen LogP contribution in [-0.2, 0) is 13.1 Å². The van der Waals surface area contributed by atoms with E-state index in [0.29, 0.717) is 6.54 Å². The number of halogens is 4. The third-order valence-corrected chi connectivity index (χ3v) is 8.32. The SMILES string of the molecule is CC/C(C)=C/C=C\C(Cl)=C(/C)CN1CCN(Cc2ccc3c(c2)c(-c2ccc(OC(F)(F)F)cc2)cn3CCCN)CC1. The van der Waals surface area contributed by atoms with Crippen LogP contribution >= 0.6 is 11.6 Å². The first kappa shape index (κ1) is 32.9. The minimum atomic E-state index is -4.72. The zero-order valence-corrected chi connectivity index (χ0v) is 26.0. The van der Waals surface area contributed by atoms with E-state index in [0.717, 1.165) is 85.7 Å². The zero-order chi connectivity index (χ0) is 31.0. The normalized spacial score (nSPS) is 16.3. The first-order chi connectivity index (χ1) is 20.6. The highest BCUT2D eigenvalue weighted by molar-refractivity contribution is 6.31.